The van der Waals surface area contributed by atoms with E-state index >= 15 is 0 Å². The first kappa shape index (κ1) is 15.2. The molecule has 1 aliphatic heterocycles. The second kappa shape index (κ2) is 6.19. The number of rotatable bonds is 3. The first-order chi connectivity index (χ1) is 10.6. The van der Waals surface area contributed by atoms with Gasteiger partial charge in [-0.2, -0.15) is 0 Å². The van der Waals surface area contributed by atoms with E-state index in [0.717, 1.165) is 24.8 Å². The van der Waals surface area contributed by atoms with Crippen molar-refractivity contribution >= 4 is 5.96 Å². The number of hydrogen-bond donors (Lipinski definition) is 1. The van der Waals surface area contributed by atoms with Gasteiger partial charge in [-0.25, -0.2) is 0 Å². The van der Waals surface area contributed by atoms with Gasteiger partial charge in [0.2, 0.25) is 0 Å². The van der Waals surface area contributed by atoms with Crippen molar-refractivity contribution in [2.45, 2.75) is 39.2 Å². The molecule has 1 spiro atoms. The fraction of sp³-hybridized carbons (Fsp3) is 0.611. The normalized spacial score (nSPS) is 20.1. The summed E-state index contributed by atoms with van der Waals surface area (Å²) in [4.78, 5) is 6.90. The summed E-state index contributed by atoms with van der Waals surface area (Å²) in [5.74, 6) is 1.95. The average Bonchev–Trinajstić information content (AvgIpc) is 2.93. The fourth-order valence-electron chi connectivity index (χ4n) is 3.76. The molecule has 1 aliphatic carbocycles. The molecule has 4 heteroatoms. The number of aliphatic imine (C=N–C) groups is 1. The largest absolute Gasteiger partial charge is 0.497 e. The second-order valence-electron chi connectivity index (χ2n) is 6.78. The number of benzene rings is 1. The Bertz CT molecular complexity index is 563. The van der Waals surface area contributed by atoms with Crippen LogP contribution in [-0.2, 0) is 6.54 Å². The molecular weight excluding hydrogens is 274 g/mol. The number of ether oxygens (including phenoxy) is 1. The predicted octanol–water partition coefficient (Wildman–Crippen LogP) is 2.96. The molecule has 4 nitrogen and oxygen atoms in total. The number of nitrogens with one attached hydrogen (secondary N) is 1. The van der Waals surface area contributed by atoms with Crippen LogP contribution in [0.4, 0.5) is 0 Å². The van der Waals surface area contributed by atoms with Gasteiger partial charge in [-0.15, -0.1) is 0 Å². The van der Waals surface area contributed by atoms with Crippen LogP contribution in [0.25, 0.3) is 0 Å². The van der Waals surface area contributed by atoms with Crippen molar-refractivity contribution < 1.29 is 4.74 Å². The summed E-state index contributed by atoms with van der Waals surface area (Å²) >= 11 is 0. The van der Waals surface area contributed by atoms with Crippen molar-refractivity contribution in [3.8, 4) is 5.75 Å². The summed E-state index contributed by atoms with van der Waals surface area (Å²) in [5.41, 5.74) is 3.06. The molecule has 2 fully saturated rings. The summed E-state index contributed by atoms with van der Waals surface area (Å²) in [5, 5.41) is 3.51. The van der Waals surface area contributed by atoms with Gasteiger partial charge in [0, 0.05) is 26.7 Å². The highest BCUT2D eigenvalue weighted by atomic mass is 16.5. The Labute approximate surface area is 133 Å². The molecule has 22 heavy (non-hydrogen) atoms. The monoisotopic (exact) mass is 301 g/mol. The third-order valence-electron chi connectivity index (χ3n) is 5.16. The van der Waals surface area contributed by atoms with Gasteiger partial charge >= 0.3 is 0 Å². The van der Waals surface area contributed by atoms with Crippen molar-refractivity contribution in [3.63, 3.8) is 0 Å². The van der Waals surface area contributed by atoms with Crippen LogP contribution < -0.4 is 10.1 Å². The Kier molecular flexibility index (Phi) is 4.27. The van der Waals surface area contributed by atoms with E-state index in [9.17, 15) is 0 Å². The Balaban J connectivity index is 1.61. The molecule has 0 amide bonds. The van der Waals surface area contributed by atoms with E-state index in [2.05, 4.69) is 40.3 Å². The van der Waals surface area contributed by atoms with Crippen LogP contribution in [0.3, 0.4) is 0 Å². The van der Waals surface area contributed by atoms with E-state index < -0.39 is 0 Å². The number of hydrogen-bond acceptors (Lipinski definition) is 2. The molecule has 1 aromatic rings. The molecule has 2 aliphatic rings. The first-order valence-electron chi connectivity index (χ1n) is 8.24. The maximum absolute atomic E-state index is 5.35. The maximum Gasteiger partial charge on any atom is 0.193 e. The molecule has 0 atom stereocenters. The summed E-state index contributed by atoms with van der Waals surface area (Å²) in [6.45, 7) is 5.19. The van der Waals surface area contributed by atoms with Crippen LogP contribution in [-0.4, -0.2) is 38.1 Å². The SMILES string of the molecule is CN=C(NCc1cc(C)cc(OC)c1)N1CCC2(CCC2)C1. The molecule has 1 saturated heterocycles. The standard InChI is InChI=1S/C18H27N3O/c1-14-9-15(11-16(10-14)22-3)12-20-17(19-2)21-8-7-18(13-21)5-4-6-18/h9-11H,4-8,12-13H2,1-3H3,(H,19,20). The molecule has 3 rings (SSSR count). The summed E-state index contributed by atoms with van der Waals surface area (Å²) in [6.07, 6.45) is 5.53. The van der Waals surface area contributed by atoms with E-state index in [-0.39, 0.29) is 0 Å². The van der Waals surface area contributed by atoms with Crippen molar-refractivity contribution in [1.82, 2.24) is 10.2 Å². The quantitative estimate of drug-likeness (QED) is 0.689. The lowest BCUT2D eigenvalue weighted by Crippen LogP contribution is -2.42. The summed E-state index contributed by atoms with van der Waals surface area (Å²) in [6, 6.07) is 6.34. The Hall–Kier alpha value is -1.71. The topological polar surface area (TPSA) is 36.9 Å². The van der Waals surface area contributed by atoms with Gasteiger partial charge in [0.25, 0.3) is 0 Å². The molecule has 1 heterocycles. The minimum absolute atomic E-state index is 0.601. The van der Waals surface area contributed by atoms with Crippen LogP contribution in [0.2, 0.25) is 0 Å². The molecule has 1 aromatic carbocycles. The van der Waals surface area contributed by atoms with E-state index in [4.69, 9.17) is 4.74 Å². The zero-order valence-corrected chi connectivity index (χ0v) is 14.0. The number of aryl methyl sites for hydroxylation is 1. The van der Waals surface area contributed by atoms with Crippen LogP contribution in [0.15, 0.2) is 23.2 Å². The van der Waals surface area contributed by atoms with Crippen LogP contribution in [0, 0.1) is 12.3 Å². The van der Waals surface area contributed by atoms with Gasteiger partial charge in [-0.1, -0.05) is 12.5 Å². The van der Waals surface area contributed by atoms with Gasteiger partial charge < -0.3 is 15.0 Å². The molecule has 0 bridgehead atoms. The van der Waals surface area contributed by atoms with Crippen LogP contribution >= 0.6 is 0 Å². The lowest BCUT2D eigenvalue weighted by Gasteiger charge is -2.38. The number of methoxy groups -OCH3 is 1. The molecule has 0 radical (unpaired) electrons. The van der Waals surface area contributed by atoms with E-state index in [1.165, 1.54) is 43.4 Å². The molecule has 120 valence electrons. The molecule has 0 aromatic heterocycles. The molecule has 0 unspecified atom stereocenters. The smallest absolute Gasteiger partial charge is 0.193 e. The lowest BCUT2D eigenvalue weighted by molar-refractivity contribution is 0.151. The number of likely N-dealkylation sites (tertiary alicyclic amines) is 1. The predicted molar refractivity (Wildman–Crippen MR) is 90.4 cm³/mol. The Morgan fingerprint density at radius 3 is 2.73 bits per heavy atom. The minimum atomic E-state index is 0.601. The second-order valence-corrected chi connectivity index (χ2v) is 6.78. The van der Waals surface area contributed by atoms with Crippen molar-refractivity contribution in [2.24, 2.45) is 10.4 Å². The molecular formula is C18H27N3O. The third kappa shape index (κ3) is 3.06. The van der Waals surface area contributed by atoms with Crippen LogP contribution in [0.5, 0.6) is 5.75 Å². The van der Waals surface area contributed by atoms with Gasteiger partial charge in [0.1, 0.15) is 5.75 Å². The summed E-state index contributed by atoms with van der Waals surface area (Å²) in [7, 11) is 3.60. The number of guanidine groups is 1. The van der Waals surface area contributed by atoms with Gasteiger partial charge in [0.05, 0.1) is 7.11 Å². The molecule has 1 N–H and O–H groups in total. The van der Waals surface area contributed by atoms with Crippen molar-refractivity contribution in [1.29, 1.82) is 0 Å². The highest BCUT2D eigenvalue weighted by molar-refractivity contribution is 5.80. The average molecular weight is 301 g/mol. The van der Waals surface area contributed by atoms with Gasteiger partial charge in [-0.05, 0) is 54.9 Å². The van der Waals surface area contributed by atoms with Crippen LogP contribution in [0.1, 0.15) is 36.8 Å². The number of nitrogens with zero attached hydrogens (tertiary/aromatic N) is 2. The highest BCUT2D eigenvalue weighted by Crippen LogP contribution is 2.47. The third-order valence-corrected chi connectivity index (χ3v) is 5.16. The Morgan fingerprint density at radius 1 is 1.32 bits per heavy atom. The fourth-order valence-corrected chi connectivity index (χ4v) is 3.76. The highest BCUT2D eigenvalue weighted by Gasteiger charge is 2.43. The van der Waals surface area contributed by atoms with E-state index in [1.54, 1.807) is 7.11 Å². The van der Waals surface area contributed by atoms with E-state index in [1.807, 2.05) is 7.05 Å². The molecule has 1 saturated carbocycles. The Morgan fingerprint density at radius 2 is 2.14 bits per heavy atom. The summed E-state index contributed by atoms with van der Waals surface area (Å²) < 4.78 is 5.35. The van der Waals surface area contributed by atoms with E-state index in [0.29, 0.717) is 5.41 Å². The first-order valence-corrected chi connectivity index (χ1v) is 8.24. The van der Waals surface area contributed by atoms with Crippen molar-refractivity contribution in [2.75, 3.05) is 27.2 Å². The van der Waals surface area contributed by atoms with Gasteiger partial charge in [0.15, 0.2) is 5.96 Å². The zero-order chi connectivity index (χ0) is 15.6. The minimum Gasteiger partial charge on any atom is -0.497 e. The maximum atomic E-state index is 5.35. The van der Waals surface area contributed by atoms with Crippen molar-refractivity contribution in [3.05, 3.63) is 29.3 Å². The zero-order valence-electron chi connectivity index (χ0n) is 14.0. The van der Waals surface area contributed by atoms with Gasteiger partial charge in [-0.3, -0.25) is 4.99 Å². The lowest BCUT2D eigenvalue weighted by atomic mass is 9.68.